The number of nitrogens with zero attached hydrogens (tertiary/aromatic N) is 4. The Labute approximate surface area is 177 Å². The van der Waals surface area contributed by atoms with Gasteiger partial charge in [0, 0.05) is 36.0 Å². The summed E-state index contributed by atoms with van der Waals surface area (Å²) in [6.45, 7) is 0. The second-order valence-electron chi connectivity index (χ2n) is 6.91. The molecule has 0 atom stereocenters. The molecule has 154 valence electrons. The van der Waals surface area contributed by atoms with Crippen molar-refractivity contribution in [3.05, 3.63) is 78.9 Å². The SMILES string of the molecule is COC(=O)c1ccc2nc(-c3ccc4nccn4c3)c(Nc3ccc(OC)cc3)n2c1. The average Bonchev–Trinajstić information content (AvgIpc) is 3.43. The van der Waals surface area contributed by atoms with Gasteiger partial charge in [-0.3, -0.25) is 4.40 Å². The van der Waals surface area contributed by atoms with Gasteiger partial charge in [-0.1, -0.05) is 0 Å². The molecule has 4 aromatic heterocycles. The Balaban J connectivity index is 1.68. The van der Waals surface area contributed by atoms with Crippen molar-refractivity contribution in [1.82, 2.24) is 18.8 Å². The number of fused-ring (bicyclic) bond motifs is 2. The third-order valence-electron chi connectivity index (χ3n) is 5.05. The molecule has 0 amide bonds. The number of imidazole rings is 2. The number of hydrogen-bond donors (Lipinski definition) is 1. The highest BCUT2D eigenvalue weighted by atomic mass is 16.5. The molecule has 0 aliphatic carbocycles. The summed E-state index contributed by atoms with van der Waals surface area (Å²) < 4.78 is 13.9. The van der Waals surface area contributed by atoms with Crippen LogP contribution in [0.15, 0.2) is 73.3 Å². The zero-order chi connectivity index (χ0) is 21.4. The Hall–Kier alpha value is -4.33. The highest BCUT2D eigenvalue weighted by Crippen LogP contribution is 2.32. The van der Waals surface area contributed by atoms with Gasteiger partial charge in [-0.2, -0.15) is 0 Å². The highest BCUT2D eigenvalue weighted by molar-refractivity contribution is 5.90. The van der Waals surface area contributed by atoms with Crippen LogP contribution < -0.4 is 10.1 Å². The van der Waals surface area contributed by atoms with Crippen molar-refractivity contribution in [3.63, 3.8) is 0 Å². The molecule has 5 aromatic rings. The number of pyridine rings is 2. The van der Waals surface area contributed by atoms with Crippen LogP contribution >= 0.6 is 0 Å². The van der Waals surface area contributed by atoms with Crippen LogP contribution in [0.4, 0.5) is 11.5 Å². The number of aromatic nitrogens is 4. The van der Waals surface area contributed by atoms with E-state index in [0.29, 0.717) is 11.2 Å². The smallest absolute Gasteiger partial charge is 0.339 e. The zero-order valence-corrected chi connectivity index (χ0v) is 16.9. The monoisotopic (exact) mass is 413 g/mol. The summed E-state index contributed by atoms with van der Waals surface area (Å²) in [5, 5.41) is 3.44. The number of carbonyl (C=O) groups is 1. The molecule has 0 saturated heterocycles. The third-order valence-corrected chi connectivity index (χ3v) is 5.05. The lowest BCUT2D eigenvalue weighted by Gasteiger charge is -2.10. The lowest BCUT2D eigenvalue weighted by molar-refractivity contribution is 0.0600. The minimum Gasteiger partial charge on any atom is -0.497 e. The van der Waals surface area contributed by atoms with E-state index in [2.05, 4.69) is 10.3 Å². The van der Waals surface area contributed by atoms with E-state index in [1.54, 1.807) is 31.6 Å². The van der Waals surface area contributed by atoms with Gasteiger partial charge in [0.15, 0.2) is 0 Å². The summed E-state index contributed by atoms with van der Waals surface area (Å²) in [5.74, 6) is 1.08. The van der Waals surface area contributed by atoms with Gasteiger partial charge in [-0.05, 0) is 48.5 Å². The summed E-state index contributed by atoms with van der Waals surface area (Å²) in [6, 6.07) is 15.0. The van der Waals surface area contributed by atoms with Gasteiger partial charge >= 0.3 is 5.97 Å². The number of benzene rings is 1. The van der Waals surface area contributed by atoms with Crippen molar-refractivity contribution < 1.29 is 14.3 Å². The first-order valence-electron chi connectivity index (χ1n) is 9.61. The minimum absolute atomic E-state index is 0.410. The van der Waals surface area contributed by atoms with Crippen LogP contribution in [0.1, 0.15) is 10.4 Å². The van der Waals surface area contributed by atoms with E-state index in [1.807, 2.05) is 57.6 Å². The fourth-order valence-electron chi connectivity index (χ4n) is 3.48. The summed E-state index contributed by atoms with van der Waals surface area (Å²) in [6.07, 6.45) is 7.34. The fourth-order valence-corrected chi connectivity index (χ4v) is 3.48. The fraction of sp³-hybridized carbons (Fsp3) is 0.0870. The Morgan fingerprint density at radius 1 is 0.968 bits per heavy atom. The molecule has 5 rings (SSSR count). The Kier molecular flexibility index (Phi) is 4.51. The Bertz CT molecular complexity index is 1400. The topological polar surface area (TPSA) is 82.2 Å². The quantitative estimate of drug-likeness (QED) is 0.435. The van der Waals surface area contributed by atoms with Crippen molar-refractivity contribution in [1.29, 1.82) is 0 Å². The molecule has 0 saturated carbocycles. The second-order valence-corrected chi connectivity index (χ2v) is 6.91. The largest absolute Gasteiger partial charge is 0.497 e. The van der Waals surface area contributed by atoms with Crippen molar-refractivity contribution in [2.45, 2.75) is 0 Å². The molecule has 4 heterocycles. The lowest BCUT2D eigenvalue weighted by atomic mass is 10.2. The number of nitrogens with one attached hydrogen (secondary N) is 1. The normalized spacial score (nSPS) is 11.0. The van der Waals surface area contributed by atoms with Crippen molar-refractivity contribution >= 4 is 28.8 Å². The summed E-state index contributed by atoms with van der Waals surface area (Å²) in [7, 11) is 2.99. The van der Waals surface area contributed by atoms with Gasteiger partial charge in [0.2, 0.25) is 0 Å². The van der Waals surface area contributed by atoms with Crippen LogP contribution in [0.3, 0.4) is 0 Å². The lowest BCUT2D eigenvalue weighted by Crippen LogP contribution is -2.04. The predicted molar refractivity (Wildman–Crippen MR) is 117 cm³/mol. The molecular weight excluding hydrogens is 394 g/mol. The van der Waals surface area contributed by atoms with Gasteiger partial charge in [0.1, 0.15) is 28.6 Å². The van der Waals surface area contributed by atoms with Crippen LogP contribution in [-0.4, -0.2) is 39.0 Å². The van der Waals surface area contributed by atoms with Crippen molar-refractivity contribution in [2.24, 2.45) is 0 Å². The van der Waals surface area contributed by atoms with Gasteiger partial charge in [0.05, 0.1) is 19.8 Å². The van der Waals surface area contributed by atoms with Gasteiger partial charge in [0.25, 0.3) is 0 Å². The number of hydrogen-bond acceptors (Lipinski definition) is 6. The molecule has 0 aliphatic heterocycles. The molecule has 0 radical (unpaired) electrons. The number of esters is 1. The minimum atomic E-state index is -0.410. The maximum Gasteiger partial charge on any atom is 0.339 e. The Morgan fingerprint density at radius 2 is 1.77 bits per heavy atom. The van der Waals surface area contributed by atoms with Crippen LogP contribution in [0.5, 0.6) is 5.75 Å². The van der Waals surface area contributed by atoms with Crippen molar-refractivity contribution in [3.8, 4) is 17.0 Å². The first-order chi connectivity index (χ1) is 15.2. The predicted octanol–water partition coefficient (Wildman–Crippen LogP) is 4.19. The van der Waals surface area contributed by atoms with Crippen LogP contribution in [0, 0.1) is 0 Å². The van der Waals surface area contributed by atoms with Crippen LogP contribution in [0.2, 0.25) is 0 Å². The summed E-state index contributed by atoms with van der Waals surface area (Å²) in [5.41, 5.74) is 4.49. The van der Waals surface area contributed by atoms with Crippen LogP contribution in [0.25, 0.3) is 22.6 Å². The molecule has 31 heavy (non-hydrogen) atoms. The number of methoxy groups -OCH3 is 2. The number of ether oxygens (including phenoxy) is 2. The molecule has 0 bridgehead atoms. The maximum absolute atomic E-state index is 12.1. The molecule has 1 N–H and O–H groups in total. The molecular formula is C23H19N5O3. The molecule has 0 aliphatic rings. The molecule has 0 spiro atoms. The highest BCUT2D eigenvalue weighted by Gasteiger charge is 2.17. The van der Waals surface area contributed by atoms with E-state index < -0.39 is 5.97 Å². The first-order valence-corrected chi connectivity index (χ1v) is 9.61. The van der Waals surface area contributed by atoms with Crippen molar-refractivity contribution in [2.75, 3.05) is 19.5 Å². The Morgan fingerprint density at radius 3 is 2.55 bits per heavy atom. The van der Waals surface area contributed by atoms with Crippen LogP contribution in [-0.2, 0) is 4.74 Å². The van der Waals surface area contributed by atoms with E-state index in [0.717, 1.165) is 34.2 Å². The van der Waals surface area contributed by atoms with Gasteiger partial charge in [-0.15, -0.1) is 0 Å². The first kappa shape index (κ1) is 18.7. The average molecular weight is 413 g/mol. The number of anilines is 2. The second kappa shape index (κ2) is 7.49. The number of carbonyl (C=O) groups excluding carboxylic acids is 1. The van der Waals surface area contributed by atoms with Gasteiger partial charge in [-0.25, -0.2) is 14.8 Å². The molecule has 0 fully saturated rings. The molecule has 8 heteroatoms. The molecule has 8 nitrogen and oxygen atoms in total. The summed E-state index contributed by atoms with van der Waals surface area (Å²) >= 11 is 0. The van der Waals surface area contributed by atoms with E-state index in [-0.39, 0.29) is 0 Å². The zero-order valence-electron chi connectivity index (χ0n) is 16.9. The maximum atomic E-state index is 12.1. The van der Waals surface area contributed by atoms with E-state index >= 15 is 0 Å². The van der Waals surface area contributed by atoms with E-state index in [1.165, 1.54) is 7.11 Å². The van der Waals surface area contributed by atoms with E-state index in [9.17, 15) is 4.79 Å². The molecule has 0 unspecified atom stereocenters. The molecule has 1 aromatic carbocycles. The standard InChI is InChI=1S/C23H19N5O3/c1-30-18-7-5-17(6-8-18)25-22-21(15-3-9-19-24-11-12-27(19)13-15)26-20-10-4-16(14-28(20)22)23(29)31-2/h3-14,25H,1-2H3. The summed E-state index contributed by atoms with van der Waals surface area (Å²) in [4.78, 5) is 21.2. The van der Waals surface area contributed by atoms with E-state index in [4.69, 9.17) is 14.5 Å². The van der Waals surface area contributed by atoms with Gasteiger partial charge < -0.3 is 19.2 Å². The number of rotatable bonds is 5. The third kappa shape index (κ3) is 3.33.